The molecule has 2 aromatic carbocycles. The summed E-state index contributed by atoms with van der Waals surface area (Å²) in [6, 6.07) is 23.1. The smallest absolute Gasteiger partial charge is 0.272 e. The third kappa shape index (κ3) is 4.71. The Hall–Kier alpha value is -4.24. The van der Waals surface area contributed by atoms with Crippen molar-refractivity contribution in [2.24, 2.45) is 0 Å². The molecule has 0 saturated heterocycles. The highest BCUT2D eigenvalue weighted by Crippen LogP contribution is 2.25. The molecule has 0 aliphatic heterocycles. The van der Waals surface area contributed by atoms with Crippen molar-refractivity contribution in [2.75, 3.05) is 6.26 Å². The van der Waals surface area contributed by atoms with E-state index in [1.54, 1.807) is 30.6 Å². The SMILES string of the molecule is CS(=O)(=O)c1nc(C(=O)NCc2ccccc2-c2ccc(Cn3cccn3)cc2)c2ccccn12. The lowest BCUT2D eigenvalue weighted by Crippen LogP contribution is -2.23. The summed E-state index contributed by atoms with van der Waals surface area (Å²) in [5.41, 5.74) is 4.62. The zero-order valence-electron chi connectivity index (χ0n) is 19.0. The second kappa shape index (κ2) is 9.19. The molecule has 35 heavy (non-hydrogen) atoms. The summed E-state index contributed by atoms with van der Waals surface area (Å²) in [5.74, 6) is -0.437. The third-order valence-corrected chi connectivity index (χ3v) is 6.64. The van der Waals surface area contributed by atoms with Crippen LogP contribution in [0.1, 0.15) is 21.6 Å². The van der Waals surface area contributed by atoms with Crippen molar-refractivity contribution in [3.05, 3.63) is 108 Å². The zero-order valence-corrected chi connectivity index (χ0v) is 19.8. The van der Waals surface area contributed by atoms with Crippen molar-refractivity contribution in [3.8, 4) is 11.1 Å². The number of carbonyl (C=O) groups is 1. The van der Waals surface area contributed by atoms with Gasteiger partial charge in [0.1, 0.15) is 0 Å². The summed E-state index contributed by atoms with van der Waals surface area (Å²) in [5, 5.41) is 6.99. The predicted molar refractivity (Wildman–Crippen MR) is 133 cm³/mol. The third-order valence-electron chi connectivity index (χ3n) is 5.69. The van der Waals surface area contributed by atoms with Gasteiger partial charge in [-0.05, 0) is 40.5 Å². The van der Waals surface area contributed by atoms with Crippen LogP contribution in [0.15, 0.2) is 96.5 Å². The second-order valence-electron chi connectivity index (χ2n) is 8.21. The Morgan fingerprint density at radius 3 is 2.46 bits per heavy atom. The molecular formula is C26H23N5O3S. The molecular weight excluding hydrogens is 462 g/mol. The van der Waals surface area contributed by atoms with E-state index in [4.69, 9.17) is 0 Å². The molecule has 0 fully saturated rings. The zero-order chi connectivity index (χ0) is 24.4. The van der Waals surface area contributed by atoms with Crippen molar-refractivity contribution in [2.45, 2.75) is 18.2 Å². The lowest BCUT2D eigenvalue weighted by atomic mass is 9.98. The molecule has 0 unspecified atom stereocenters. The normalized spacial score (nSPS) is 11.6. The van der Waals surface area contributed by atoms with Crippen LogP contribution in [0.4, 0.5) is 0 Å². The molecule has 0 aliphatic rings. The first-order chi connectivity index (χ1) is 16.9. The predicted octanol–water partition coefficient (Wildman–Crippen LogP) is 3.58. The number of benzene rings is 2. The van der Waals surface area contributed by atoms with Crippen LogP contribution in [0.3, 0.4) is 0 Å². The monoisotopic (exact) mass is 485 g/mol. The van der Waals surface area contributed by atoms with Crippen molar-refractivity contribution < 1.29 is 13.2 Å². The van der Waals surface area contributed by atoms with E-state index < -0.39 is 15.7 Å². The Morgan fingerprint density at radius 2 is 1.71 bits per heavy atom. The largest absolute Gasteiger partial charge is 0.347 e. The molecule has 0 saturated carbocycles. The fourth-order valence-corrected chi connectivity index (χ4v) is 4.80. The van der Waals surface area contributed by atoms with Crippen LogP contribution >= 0.6 is 0 Å². The van der Waals surface area contributed by atoms with E-state index >= 15 is 0 Å². The number of pyridine rings is 1. The molecule has 1 amide bonds. The van der Waals surface area contributed by atoms with E-state index in [2.05, 4.69) is 39.7 Å². The van der Waals surface area contributed by atoms with Gasteiger partial charge in [0.25, 0.3) is 5.91 Å². The van der Waals surface area contributed by atoms with E-state index in [0.29, 0.717) is 12.1 Å². The number of nitrogens with zero attached hydrogens (tertiary/aromatic N) is 4. The van der Waals surface area contributed by atoms with Crippen LogP contribution in [0.2, 0.25) is 0 Å². The Morgan fingerprint density at radius 1 is 0.943 bits per heavy atom. The average molecular weight is 486 g/mol. The molecule has 1 N–H and O–H groups in total. The molecule has 3 aromatic heterocycles. The highest BCUT2D eigenvalue weighted by Gasteiger charge is 2.22. The number of rotatable bonds is 7. The van der Waals surface area contributed by atoms with Gasteiger partial charge in [-0.2, -0.15) is 5.10 Å². The van der Waals surface area contributed by atoms with Gasteiger partial charge in [-0.1, -0.05) is 54.6 Å². The van der Waals surface area contributed by atoms with Crippen LogP contribution in [0.25, 0.3) is 16.6 Å². The van der Waals surface area contributed by atoms with Crippen molar-refractivity contribution in [1.82, 2.24) is 24.5 Å². The van der Waals surface area contributed by atoms with E-state index in [-0.39, 0.29) is 17.4 Å². The number of carbonyl (C=O) groups excluding carboxylic acids is 1. The lowest BCUT2D eigenvalue weighted by Gasteiger charge is -2.11. The molecule has 9 heteroatoms. The molecule has 176 valence electrons. The molecule has 0 bridgehead atoms. The first-order valence-electron chi connectivity index (χ1n) is 11.0. The van der Waals surface area contributed by atoms with Crippen molar-refractivity contribution in [3.63, 3.8) is 0 Å². The van der Waals surface area contributed by atoms with Gasteiger partial charge in [-0.25, -0.2) is 13.4 Å². The molecule has 5 aromatic rings. The van der Waals surface area contributed by atoms with E-state index in [0.717, 1.165) is 28.5 Å². The van der Waals surface area contributed by atoms with Crippen LogP contribution in [0.5, 0.6) is 0 Å². The van der Waals surface area contributed by atoms with E-state index in [1.807, 2.05) is 41.2 Å². The molecule has 0 spiro atoms. The number of imidazole rings is 1. The van der Waals surface area contributed by atoms with E-state index in [9.17, 15) is 13.2 Å². The molecule has 5 rings (SSSR count). The number of nitrogens with one attached hydrogen (secondary N) is 1. The number of hydrogen-bond donors (Lipinski definition) is 1. The van der Waals surface area contributed by atoms with Gasteiger partial charge in [0.2, 0.25) is 15.0 Å². The van der Waals surface area contributed by atoms with Gasteiger partial charge in [-0.3, -0.25) is 13.9 Å². The minimum Gasteiger partial charge on any atom is -0.347 e. The summed E-state index contributed by atoms with van der Waals surface area (Å²) in [4.78, 5) is 17.2. The van der Waals surface area contributed by atoms with Gasteiger partial charge in [0, 0.05) is 31.4 Å². The van der Waals surface area contributed by atoms with Crippen LogP contribution in [-0.4, -0.2) is 39.7 Å². The highest BCUT2D eigenvalue weighted by atomic mass is 32.2. The van der Waals surface area contributed by atoms with Gasteiger partial charge in [0.05, 0.1) is 12.1 Å². The topological polar surface area (TPSA) is 98.4 Å². The minimum atomic E-state index is -3.61. The number of sulfone groups is 1. The maximum absolute atomic E-state index is 13.0. The van der Waals surface area contributed by atoms with Crippen LogP contribution in [0, 0.1) is 0 Å². The summed E-state index contributed by atoms with van der Waals surface area (Å²) < 4.78 is 27.6. The number of fused-ring (bicyclic) bond motifs is 1. The summed E-state index contributed by atoms with van der Waals surface area (Å²) in [6.45, 7) is 0.961. The van der Waals surface area contributed by atoms with Gasteiger partial charge in [-0.15, -0.1) is 0 Å². The Bertz CT molecular complexity index is 1600. The number of hydrogen-bond acceptors (Lipinski definition) is 5. The van der Waals surface area contributed by atoms with Gasteiger partial charge < -0.3 is 5.32 Å². The molecule has 8 nitrogen and oxygen atoms in total. The number of amides is 1. The molecule has 0 aliphatic carbocycles. The first-order valence-corrected chi connectivity index (χ1v) is 12.9. The standard InChI is InChI=1S/C26H23N5O3S/c1-35(33,34)26-29-24(23-9-4-5-16-31(23)26)25(32)27-17-21-7-2-3-8-22(21)20-12-10-19(11-13-20)18-30-15-6-14-28-30/h2-16H,17-18H2,1H3,(H,27,32). The average Bonchev–Trinajstić information content (AvgIpc) is 3.51. The van der Waals surface area contributed by atoms with Gasteiger partial charge in [0.15, 0.2) is 5.69 Å². The molecule has 3 heterocycles. The first kappa shape index (κ1) is 22.5. The lowest BCUT2D eigenvalue weighted by molar-refractivity contribution is 0.0948. The number of aromatic nitrogens is 4. The minimum absolute atomic E-state index is 0.0754. The fraction of sp³-hybridized carbons (Fsp3) is 0.115. The molecule has 0 radical (unpaired) electrons. The second-order valence-corrected chi connectivity index (χ2v) is 10.1. The summed E-state index contributed by atoms with van der Waals surface area (Å²) in [6.07, 6.45) is 6.34. The molecule has 0 atom stereocenters. The van der Waals surface area contributed by atoms with Crippen molar-refractivity contribution >= 4 is 21.3 Å². The maximum Gasteiger partial charge on any atom is 0.272 e. The fourth-order valence-electron chi connectivity index (χ4n) is 4.02. The Labute approximate surface area is 202 Å². The van der Waals surface area contributed by atoms with Crippen LogP contribution in [-0.2, 0) is 22.9 Å². The quantitative estimate of drug-likeness (QED) is 0.380. The van der Waals surface area contributed by atoms with Crippen molar-refractivity contribution in [1.29, 1.82) is 0 Å². The highest BCUT2D eigenvalue weighted by molar-refractivity contribution is 7.90. The van der Waals surface area contributed by atoms with Gasteiger partial charge >= 0.3 is 0 Å². The Balaban J connectivity index is 1.37. The van der Waals surface area contributed by atoms with E-state index in [1.165, 1.54) is 4.40 Å². The maximum atomic E-state index is 13.0. The summed E-state index contributed by atoms with van der Waals surface area (Å²) in [7, 11) is -3.61. The van der Waals surface area contributed by atoms with Crippen LogP contribution < -0.4 is 5.32 Å². The Kier molecular flexibility index (Phi) is 5.92. The summed E-state index contributed by atoms with van der Waals surface area (Å²) >= 11 is 0.